The van der Waals surface area contributed by atoms with Crippen LogP contribution in [0, 0.1) is 0 Å². The van der Waals surface area contributed by atoms with Gasteiger partial charge in [0.15, 0.2) is 0 Å². The van der Waals surface area contributed by atoms with Crippen LogP contribution in [0.4, 0.5) is 11.6 Å². The van der Waals surface area contributed by atoms with Crippen molar-refractivity contribution in [2.24, 2.45) is 0 Å². The normalized spacial score (nSPS) is 14.2. The Labute approximate surface area is 122 Å². The van der Waals surface area contributed by atoms with E-state index >= 15 is 0 Å². The van der Waals surface area contributed by atoms with Crippen LogP contribution in [0.3, 0.4) is 0 Å². The van der Waals surface area contributed by atoms with Crippen molar-refractivity contribution in [1.29, 1.82) is 0 Å². The zero-order chi connectivity index (χ0) is 15.2. The zero-order valence-electron chi connectivity index (χ0n) is 13.3. The number of aliphatic hydroxyl groups excluding tert-OH is 1. The summed E-state index contributed by atoms with van der Waals surface area (Å²) in [6.45, 7) is 11.3. The average molecular weight is 280 g/mol. The van der Waals surface area contributed by atoms with Crippen molar-refractivity contribution in [2.45, 2.75) is 58.9 Å². The molecule has 114 valence electrons. The summed E-state index contributed by atoms with van der Waals surface area (Å²) in [5.74, 6) is 2.68. The summed E-state index contributed by atoms with van der Waals surface area (Å²) < 4.78 is 0. The number of anilines is 2. The Morgan fingerprint density at radius 1 is 1.25 bits per heavy atom. The summed E-state index contributed by atoms with van der Waals surface area (Å²) in [5.41, 5.74) is -0.357. The van der Waals surface area contributed by atoms with Gasteiger partial charge in [-0.3, -0.25) is 0 Å². The molecule has 0 radical (unpaired) electrons. The van der Waals surface area contributed by atoms with Gasteiger partial charge in [0.25, 0.3) is 0 Å². The first-order valence-corrected chi connectivity index (χ1v) is 7.46. The molecular formula is C15H28N4O. The molecule has 0 aliphatic carbocycles. The summed E-state index contributed by atoms with van der Waals surface area (Å²) in [5, 5.41) is 16.1. The van der Waals surface area contributed by atoms with Crippen molar-refractivity contribution >= 4 is 11.6 Å². The maximum Gasteiger partial charge on any atom is 0.135 e. The van der Waals surface area contributed by atoms with E-state index in [1.807, 2.05) is 19.9 Å². The zero-order valence-corrected chi connectivity index (χ0v) is 13.3. The average Bonchev–Trinajstić information content (AvgIpc) is 2.44. The molecule has 0 bridgehead atoms. The summed E-state index contributed by atoms with van der Waals surface area (Å²) in [4.78, 5) is 9.08. The van der Waals surface area contributed by atoms with Gasteiger partial charge < -0.3 is 15.7 Å². The number of hydrogen-bond acceptors (Lipinski definition) is 5. The summed E-state index contributed by atoms with van der Waals surface area (Å²) >= 11 is 0. The smallest absolute Gasteiger partial charge is 0.135 e. The minimum Gasteiger partial charge on any atom is -0.394 e. The van der Waals surface area contributed by atoms with Crippen LogP contribution < -0.4 is 10.6 Å². The second-order valence-corrected chi connectivity index (χ2v) is 5.78. The molecule has 1 aromatic heterocycles. The third-order valence-electron chi connectivity index (χ3n) is 3.38. The molecule has 1 rings (SSSR count). The number of rotatable bonds is 8. The highest BCUT2D eigenvalue weighted by molar-refractivity contribution is 5.49. The van der Waals surface area contributed by atoms with Crippen molar-refractivity contribution < 1.29 is 5.11 Å². The molecule has 3 N–H and O–H groups in total. The number of aromatic nitrogens is 2. The third-order valence-corrected chi connectivity index (χ3v) is 3.38. The first kappa shape index (κ1) is 16.7. The lowest BCUT2D eigenvalue weighted by Crippen LogP contribution is -2.38. The Bertz CT molecular complexity index is 416. The van der Waals surface area contributed by atoms with Crippen LogP contribution >= 0.6 is 0 Å². The maximum absolute atomic E-state index is 9.51. The van der Waals surface area contributed by atoms with Crippen LogP contribution in [0.15, 0.2) is 6.07 Å². The molecule has 1 heterocycles. The molecule has 0 fully saturated rings. The fraction of sp³-hybridized carbons (Fsp3) is 0.733. The number of nitrogens with zero attached hydrogens (tertiary/aromatic N) is 2. The predicted octanol–water partition coefficient (Wildman–Crippen LogP) is 2.99. The van der Waals surface area contributed by atoms with Gasteiger partial charge in [0.1, 0.15) is 17.5 Å². The number of aliphatic hydroxyl groups is 1. The lowest BCUT2D eigenvalue weighted by Gasteiger charge is -2.28. The first-order valence-electron chi connectivity index (χ1n) is 7.46. The summed E-state index contributed by atoms with van der Waals surface area (Å²) in [6, 6.07) is 1.91. The Hall–Kier alpha value is -1.36. The second-order valence-electron chi connectivity index (χ2n) is 5.78. The highest BCUT2D eigenvalue weighted by Gasteiger charge is 2.21. The standard InChI is InChI=1S/C15H28N4O/c1-6-8-16-12-9-13(18-14(17-12)11(3)4)19-15(5,7-2)10-20/h9,11,20H,6-8,10H2,1-5H3,(H2,16,17,18,19). The van der Waals surface area contributed by atoms with Crippen LogP contribution in [0.1, 0.15) is 59.2 Å². The van der Waals surface area contributed by atoms with Crippen molar-refractivity contribution in [1.82, 2.24) is 9.97 Å². The minimum absolute atomic E-state index is 0.0717. The molecular weight excluding hydrogens is 252 g/mol. The third kappa shape index (κ3) is 4.63. The Balaban J connectivity index is 3.02. The molecule has 1 atom stereocenters. The molecule has 0 amide bonds. The van der Waals surface area contributed by atoms with Gasteiger partial charge in [-0.1, -0.05) is 27.7 Å². The molecule has 0 aliphatic heterocycles. The molecule has 1 unspecified atom stereocenters. The van der Waals surface area contributed by atoms with E-state index in [0.717, 1.165) is 36.8 Å². The fourth-order valence-corrected chi connectivity index (χ4v) is 1.68. The van der Waals surface area contributed by atoms with Gasteiger partial charge in [0, 0.05) is 18.5 Å². The Morgan fingerprint density at radius 2 is 1.90 bits per heavy atom. The second kappa shape index (κ2) is 7.43. The molecule has 0 spiro atoms. The van der Waals surface area contributed by atoms with E-state index in [-0.39, 0.29) is 18.1 Å². The molecule has 5 heteroatoms. The first-order chi connectivity index (χ1) is 9.44. The van der Waals surface area contributed by atoms with E-state index in [1.165, 1.54) is 0 Å². The molecule has 0 aliphatic rings. The highest BCUT2D eigenvalue weighted by atomic mass is 16.3. The van der Waals surface area contributed by atoms with Crippen LogP contribution in [-0.2, 0) is 0 Å². The van der Waals surface area contributed by atoms with Gasteiger partial charge in [-0.05, 0) is 19.8 Å². The fourth-order valence-electron chi connectivity index (χ4n) is 1.68. The van der Waals surface area contributed by atoms with Gasteiger partial charge in [-0.2, -0.15) is 0 Å². The van der Waals surface area contributed by atoms with Gasteiger partial charge >= 0.3 is 0 Å². The summed E-state index contributed by atoms with van der Waals surface area (Å²) in [7, 11) is 0. The van der Waals surface area contributed by atoms with E-state index in [4.69, 9.17) is 0 Å². The van der Waals surface area contributed by atoms with Gasteiger partial charge in [0.2, 0.25) is 0 Å². The number of nitrogens with one attached hydrogen (secondary N) is 2. The quantitative estimate of drug-likeness (QED) is 0.683. The molecule has 0 saturated heterocycles. The van der Waals surface area contributed by atoms with Crippen LogP contribution in [0.25, 0.3) is 0 Å². The van der Waals surface area contributed by atoms with Gasteiger partial charge in [-0.15, -0.1) is 0 Å². The summed E-state index contributed by atoms with van der Waals surface area (Å²) in [6.07, 6.45) is 1.87. The van der Waals surface area contributed by atoms with E-state index in [1.54, 1.807) is 0 Å². The van der Waals surface area contributed by atoms with Crippen LogP contribution in [0.5, 0.6) is 0 Å². The van der Waals surface area contributed by atoms with Gasteiger partial charge in [0.05, 0.1) is 12.1 Å². The van der Waals surface area contributed by atoms with Crippen LogP contribution in [0.2, 0.25) is 0 Å². The van der Waals surface area contributed by atoms with Crippen LogP contribution in [-0.4, -0.2) is 33.8 Å². The molecule has 0 saturated carbocycles. The maximum atomic E-state index is 9.51. The van der Waals surface area contributed by atoms with E-state index in [9.17, 15) is 5.11 Å². The highest BCUT2D eigenvalue weighted by Crippen LogP contribution is 2.21. The molecule has 20 heavy (non-hydrogen) atoms. The molecule has 0 aromatic carbocycles. The predicted molar refractivity (Wildman–Crippen MR) is 84.3 cm³/mol. The minimum atomic E-state index is -0.357. The van der Waals surface area contributed by atoms with Gasteiger partial charge in [-0.25, -0.2) is 9.97 Å². The van der Waals surface area contributed by atoms with Crippen molar-refractivity contribution in [3.63, 3.8) is 0 Å². The molecule has 5 nitrogen and oxygen atoms in total. The Morgan fingerprint density at radius 3 is 2.40 bits per heavy atom. The lowest BCUT2D eigenvalue weighted by molar-refractivity contribution is 0.218. The SMILES string of the molecule is CCCNc1cc(NC(C)(CC)CO)nc(C(C)C)n1. The lowest BCUT2D eigenvalue weighted by atomic mass is 10.0. The van der Waals surface area contributed by atoms with E-state index in [2.05, 4.69) is 41.4 Å². The topological polar surface area (TPSA) is 70.1 Å². The van der Waals surface area contributed by atoms with Crippen molar-refractivity contribution in [2.75, 3.05) is 23.8 Å². The Kier molecular flexibility index (Phi) is 6.20. The van der Waals surface area contributed by atoms with Crippen molar-refractivity contribution in [3.05, 3.63) is 11.9 Å². The monoisotopic (exact) mass is 280 g/mol. The molecule has 1 aromatic rings. The number of hydrogen-bond donors (Lipinski definition) is 3. The largest absolute Gasteiger partial charge is 0.394 e. The van der Waals surface area contributed by atoms with E-state index < -0.39 is 0 Å². The van der Waals surface area contributed by atoms with E-state index in [0.29, 0.717) is 0 Å². The van der Waals surface area contributed by atoms with Crippen molar-refractivity contribution in [3.8, 4) is 0 Å².